The smallest absolute Gasteiger partial charge is 0.254 e. The molecule has 1 aromatic carbocycles. The van der Waals surface area contributed by atoms with Gasteiger partial charge in [0.2, 0.25) is 0 Å². The predicted molar refractivity (Wildman–Crippen MR) is 107 cm³/mol. The van der Waals surface area contributed by atoms with E-state index in [9.17, 15) is 4.79 Å². The largest absolute Gasteiger partial charge is 0.464 e. The number of likely N-dealkylation sites (N-methyl/N-ethyl adjacent to an activating group) is 1. The first-order valence-corrected chi connectivity index (χ1v) is 10.0. The van der Waals surface area contributed by atoms with E-state index in [1.54, 1.807) is 0 Å². The summed E-state index contributed by atoms with van der Waals surface area (Å²) in [6.45, 7) is 8.87. The molecular weight excluding hydrogens is 354 g/mol. The molecule has 0 aliphatic carbocycles. The summed E-state index contributed by atoms with van der Waals surface area (Å²) < 4.78 is 11.4. The van der Waals surface area contributed by atoms with E-state index in [1.807, 2.05) is 36.1 Å². The van der Waals surface area contributed by atoms with Gasteiger partial charge in [-0.2, -0.15) is 0 Å². The highest BCUT2D eigenvalue weighted by Gasteiger charge is 2.31. The molecule has 150 valence electrons. The van der Waals surface area contributed by atoms with Crippen LogP contribution in [0.15, 0.2) is 40.8 Å². The van der Waals surface area contributed by atoms with Crippen molar-refractivity contribution in [3.63, 3.8) is 0 Å². The molecule has 1 atom stereocenters. The van der Waals surface area contributed by atoms with Gasteiger partial charge in [0, 0.05) is 44.8 Å². The van der Waals surface area contributed by atoms with Gasteiger partial charge in [0.05, 0.1) is 13.2 Å². The Morgan fingerprint density at radius 1 is 1.04 bits per heavy atom. The summed E-state index contributed by atoms with van der Waals surface area (Å²) in [5, 5.41) is 0. The number of aryl methyl sites for hydroxylation is 1. The highest BCUT2D eigenvalue weighted by Crippen LogP contribution is 2.27. The number of benzene rings is 1. The highest BCUT2D eigenvalue weighted by atomic mass is 16.5. The molecule has 3 heterocycles. The Morgan fingerprint density at radius 3 is 2.46 bits per heavy atom. The Kier molecular flexibility index (Phi) is 5.80. The van der Waals surface area contributed by atoms with Crippen molar-refractivity contribution in [1.29, 1.82) is 0 Å². The summed E-state index contributed by atoms with van der Waals surface area (Å²) >= 11 is 0. The molecule has 28 heavy (non-hydrogen) atoms. The maximum atomic E-state index is 13.1. The van der Waals surface area contributed by atoms with Gasteiger partial charge in [0.25, 0.3) is 5.91 Å². The van der Waals surface area contributed by atoms with Crippen LogP contribution in [0.1, 0.15) is 33.5 Å². The lowest BCUT2D eigenvalue weighted by atomic mass is 10.1. The van der Waals surface area contributed by atoms with Crippen LogP contribution < -0.4 is 0 Å². The van der Waals surface area contributed by atoms with E-state index >= 15 is 0 Å². The molecule has 1 unspecified atom stereocenters. The molecule has 6 nitrogen and oxygen atoms in total. The topological polar surface area (TPSA) is 49.2 Å². The minimum atomic E-state index is -0.167. The SMILES string of the molecule is Cc1ccc(C2COCCN2C(=O)c2ccc(CN3CCN(C)CC3)cc2)o1. The number of morpholine rings is 1. The van der Waals surface area contributed by atoms with E-state index < -0.39 is 0 Å². The highest BCUT2D eigenvalue weighted by molar-refractivity contribution is 5.94. The number of hydrogen-bond donors (Lipinski definition) is 0. The first-order chi connectivity index (χ1) is 13.6. The molecule has 2 aliphatic heterocycles. The lowest BCUT2D eigenvalue weighted by Gasteiger charge is -2.34. The molecule has 2 aromatic rings. The fraction of sp³-hybridized carbons (Fsp3) is 0.500. The van der Waals surface area contributed by atoms with E-state index in [2.05, 4.69) is 29.0 Å². The number of amides is 1. The number of furan rings is 1. The number of piperazine rings is 1. The second-order valence-corrected chi connectivity index (χ2v) is 7.81. The van der Waals surface area contributed by atoms with Crippen LogP contribution >= 0.6 is 0 Å². The predicted octanol–water partition coefficient (Wildman–Crippen LogP) is 2.55. The van der Waals surface area contributed by atoms with Gasteiger partial charge in [0.1, 0.15) is 17.6 Å². The van der Waals surface area contributed by atoms with E-state index in [-0.39, 0.29) is 11.9 Å². The number of carbonyl (C=O) groups excluding carboxylic acids is 1. The zero-order valence-electron chi connectivity index (χ0n) is 16.8. The zero-order valence-corrected chi connectivity index (χ0v) is 16.8. The maximum absolute atomic E-state index is 13.1. The molecule has 0 radical (unpaired) electrons. The van der Waals surface area contributed by atoms with Crippen molar-refractivity contribution in [3.05, 3.63) is 59.0 Å². The van der Waals surface area contributed by atoms with Crippen LogP contribution in [0.4, 0.5) is 0 Å². The Bertz CT molecular complexity index is 794. The van der Waals surface area contributed by atoms with Crippen molar-refractivity contribution in [1.82, 2.24) is 14.7 Å². The van der Waals surface area contributed by atoms with E-state index in [0.29, 0.717) is 19.8 Å². The number of rotatable bonds is 4. The van der Waals surface area contributed by atoms with Gasteiger partial charge < -0.3 is 19.0 Å². The standard InChI is InChI=1S/C22H29N3O3/c1-17-3-8-21(28-17)20-16-27-14-13-25(20)22(26)19-6-4-18(5-7-19)15-24-11-9-23(2)10-12-24/h3-8,20H,9-16H2,1-2H3. The van der Waals surface area contributed by atoms with Crippen molar-refractivity contribution in [2.45, 2.75) is 19.5 Å². The van der Waals surface area contributed by atoms with Crippen LogP contribution in [0.5, 0.6) is 0 Å². The van der Waals surface area contributed by atoms with E-state index in [0.717, 1.165) is 49.8 Å². The molecule has 0 spiro atoms. The average Bonchev–Trinajstić information content (AvgIpc) is 3.16. The Labute approximate surface area is 166 Å². The maximum Gasteiger partial charge on any atom is 0.254 e. The van der Waals surface area contributed by atoms with Crippen LogP contribution in [0.2, 0.25) is 0 Å². The number of carbonyl (C=O) groups is 1. The summed E-state index contributed by atoms with van der Waals surface area (Å²) in [6, 6.07) is 11.8. The van der Waals surface area contributed by atoms with Crippen LogP contribution in [0.3, 0.4) is 0 Å². The summed E-state index contributed by atoms with van der Waals surface area (Å²) in [7, 11) is 2.17. The van der Waals surface area contributed by atoms with Crippen molar-refractivity contribution in [2.75, 3.05) is 53.0 Å². The lowest BCUT2D eigenvalue weighted by Crippen LogP contribution is -2.44. The molecule has 4 rings (SSSR count). The van der Waals surface area contributed by atoms with Gasteiger partial charge in [-0.1, -0.05) is 12.1 Å². The molecule has 2 saturated heterocycles. The Balaban J connectivity index is 1.43. The zero-order chi connectivity index (χ0) is 19.5. The first-order valence-electron chi connectivity index (χ1n) is 10.0. The quantitative estimate of drug-likeness (QED) is 0.812. The molecule has 1 aromatic heterocycles. The van der Waals surface area contributed by atoms with Gasteiger partial charge in [0.15, 0.2) is 0 Å². The molecule has 0 N–H and O–H groups in total. The number of hydrogen-bond acceptors (Lipinski definition) is 5. The molecule has 1 amide bonds. The molecular formula is C22H29N3O3. The van der Waals surface area contributed by atoms with Crippen LogP contribution in [-0.4, -0.2) is 73.6 Å². The van der Waals surface area contributed by atoms with E-state index in [1.165, 1.54) is 5.56 Å². The minimum Gasteiger partial charge on any atom is -0.464 e. The normalized spacial score (nSPS) is 21.8. The Hall–Kier alpha value is -2.15. The summed E-state index contributed by atoms with van der Waals surface area (Å²) in [5.41, 5.74) is 1.97. The molecule has 0 saturated carbocycles. The second-order valence-electron chi connectivity index (χ2n) is 7.81. The lowest BCUT2D eigenvalue weighted by molar-refractivity contribution is -0.00895. The first kappa shape index (κ1) is 19.2. The van der Waals surface area contributed by atoms with Gasteiger partial charge in [-0.25, -0.2) is 0 Å². The molecule has 6 heteroatoms. The molecule has 2 fully saturated rings. The van der Waals surface area contributed by atoms with Crippen molar-refractivity contribution >= 4 is 5.91 Å². The minimum absolute atomic E-state index is 0.0356. The van der Waals surface area contributed by atoms with Crippen molar-refractivity contribution in [2.24, 2.45) is 0 Å². The van der Waals surface area contributed by atoms with Crippen LogP contribution in [0.25, 0.3) is 0 Å². The summed E-state index contributed by atoms with van der Waals surface area (Å²) in [4.78, 5) is 19.8. The number of ether oxygens (including phenoxy) is 1. The van der Waals surface area contributed by atoms with Crippen LogP contribution in [-0.2, 0) is 11.3 Å². The van der Waals surface area contributed by atoms with Gasteiger partial charge in [-0.3, -0.25) is 9.69 Å². The fourth-order valence-electron chi connectivity index (χ4n) is 3.90. The molecule has 2 aliphatic rings. The monoisotopic (exact) mass is 383 g/mol. The second kappa shape index (κ2) is 8.47. The third-order valence-corrected chi connectivity index (χ3v) is 5.68. The third kappa shape index (κ3) is 4.29. The fourth-order valence-corrected chi connectivity index (χ4v) is 3.90. The summed E-state index contributed by atoms with van der Waals surface area (Å²) in [5.74, 6) is 1.67. The Morgan fingerprint density at radius 2 is 1.79 bits per heavy atom. The van der Waals surface area contributed by atoms with Gasteiger partial charge in [-0.15, -0.1) is 0 Å². The van der Waals surface area contributed by atoms with E-state index in [4.69, 9.17) is 9.15 Å². The van der Waals surface area contributed by atoms with Crippen molar-refractivity contribution in [3.8, 4) is 0 Å². The van der Waals surface area contributed by atoms with Crippen molar-refractivity contribution < 1.29 is 13.9 Å². The van der Waals surface area contributed by atoms with Gasteiger partial charge >= 0.3 is 0 Å². The van der Waals surface area contributed by atoms with Gasteiger partial charge in [-0.05, 0) is 43.8 Å². The third-order valence-electron chi connectivity index (χ3n) is 5.68. The van der Waals surface area contributed by atoms with Crippen LogP contribution in [0, 0.1) is 6.92 Å². The average molecular weight is 383 g/mol. The number of nitrogens with zero attached hydrogens (tertiary/aromatic N) is 3. The molecule has 0 bridgehead atoms. The summed E-state index contributed by atoms with van der Waals surface area (Å²) in [6.07, 6.45) is 0.